The molecule has 0 saturated heterocycles. The van der Waals surface area contributed by atoms with Crippen LogP contribution in [-0.4, -0.2) is 29.2 Å². The summed E-state index contributed by atoms with van der Waals surface area (Å²) in [6.07, 6.45) is 0.268. The lowest BCUT2D eigenvalue weighted by molar-refractivity contribution is -0.122. The first-order valence-electron chi connectivity index (χ1n) is 7.28. The normalized spacial score (nSPS) is 12.3. The molecule has 6 nitrogen and oxygen atoms in total. The highest BCUT2D eigenvalue weighted by atomic mass is 31.1. The molecule has 0 aliphatic rings. The van der Waals surface area contributed by atoms with Crippen LogP contribution in [0.3, 0.4) is 0 Å². The lowest BCUT2D eigenvalue weighted by Crippen LogP contribution is -2.43. The molecule has 0 saturated carbocycles. The van der Waals surface area contributed by atoms with Gasteiger partial charge in [0, 0.05) is 10.1 Å². The topological polar surface area (TPSA) is 92.7 Å². The number of hydrogen-bond donors (Lipinski definition) is 2. The Kier molecular flexibility index (Phi) is 6.75. The molecule has 2 atom stereocenters. The van der Waals surface area contributed by atoms with Crippen LogP contribution < -0.4 is 5.32 Å². The van der Waals surface area contributed by atoms with Crippen molar-refractivity contribution in [1.82, 2.24) is 5.32 Å². The first-order valence-corrected chi connectivity index (χ1v) is 8.41. The largest absolute Gasteiger partial charge is 0.695 e. The molecule has 2 aromatic rings. The van der Waals surface area contributed by atoms with Gasteiger partial charge >= 0.3 is 8.25 Å². The molecule has 0 radical (unpaired) electrons. The molecular weight excluding hydrogens is 329 g/mol. The summed E-state index contributed by atoms with van der Waals surface area (Å²) < 4.78 is 15.1. The summed E-state index contributed by atoms with van der Waals surface area (Å²) in [6, 6.07) is 16.8. The first-order chi connectivity index (χ1) is 11.6. The third-order valence-electron chi connectivity index (χ3n) is 3.33. The highest BCUT2D eigenvalue weighted by Gasteiger charge is 2.25. The van der Waals surface area contributed by atoms with E-state index in [0.717, 1.165) is 5.56 Å². The Balaban J connectivity index is 2.11. The minimum atomic E-state index is -2.86. The van der Waals surface area contributed by atoms with Crippen LogP contribution in [0.4, 0.5) is 0 Å². The predicted octanol–water partition coefficient (Wildman–Crippen LogP) is 2.26. The van der Waals surface area contributed by atoms with E-state index in [9.17, 15) is 14.2 Å². The molecule has 1 amide bonds. The van der Waals surface area contributed by atoms with E-state index in [4.69, 9.17) is 4.89 Å². The molecule has 2 rings (SSSR count). The summed E-state index contributed by atoms with van der Waals surface area (Å²) in [5.41, 5.74) is 1.29. The average Bonchev–Trinajstić information content (AvgIpc) is 2.60. The molecule has 0 bridgehead atoms. The molecule has 124 valence electrons. The van der Waals surface area contributed by atoms with E-state index in [0.29, 0.717) is 5.56 Å². The summed E-state index contributed by atoms with van der Waals surface area (Å²) in [6.45, 7) is -0.543. The molecular formula is C17H17NO5P+. The lowest BCUT2D eigenvalue weighted by atomic mass is 10.0. The third-order valence-corrected chi connectivity index (χ3v) is 3.68. The van der Waals surface area contributed by atoms with E-state index in [1.807, 2.05) is 30.3 Å². The second kappa shape index (κ2) is 9.03. The van der Waals surface area contributed by atoms with Gasteiger partial charge in [-0.1, -0.05) is 48.5 Å². The molecule has 24 heavy (non-hydrogen) atoms. The van der Waals surface area contributed by atoms with Crippen molar-refractivity contribution < 1.29 is 23.6 Å². The van der Waals surface area contributed by atoms with Gasteiger partial charge < -0.3 is 5.32 Å². The van der Waals surface area contributed by atoms with Gasteiger partial charge in [0.15, 0.2) is 12.4 Å². The maximum Gasteiger partial charge on any atom is 0.695 e. The van der Waals surface area contributed by atoms with Crippen molar-refractivity contribution >= 4 is 19.9 Å². The zero-order chi connectivity index (χ0) is 17.4. The molecule has 7 heteroatoms. The Bertz CT molecular complexity index is 705. The van der Waals surface area contributed by atoms with Crippen LogP contribution in [0.15, 0.2) is 60.7 Å². The molecule has 0 aliphatic carbocycles. The maximum atomic E-state index is 12.3. The standard InChI is InChI=1S/C17H16NO5P/c19-16(12-23-24(21)22)15(11-13-7-3-1-4-8-13)18-17(20)14-9-5-2-6-10-14/h1-10,15H,11-12H2,(H-,18,20,21,22)/p+1/t15-/m0/s1. The van der Waals surface area contributed by atoms with Crippen molar-refractivity contribution in [3.05, 3.63) is 71.8 Å². The summed E-state index contributed by atoms with van der Waals surface area (Å²) in [5.74, 6) is -0.862. The van der Waals surface area contributed by atoms with E-state index < -0.39 is 32.6 Å². The van der Waals surface area contributed by atoms with Crippen LogP contribution in [-0.2, 0) is 20.3 Å². The fraction of sp³-hybridized carbons (Fsp3) is 0.176. The molecule has 0 fully saturated rings. The predicted molar refractivity (Wildman–Crippen MR) is 88.6 cm³/mol. The van der Waals surface area contributed by atoms with Gasteiger partial charge in [0.2, 0.25) is 0 Å². The van der Waals surface area contributed by atoms with Crippen molar-refractivity contribution in [1.29, 1.82) is 0 Å². The van der Waals surface area contributed by atoms with E-state index in [1.54, 1.807) is 30.3 Å². The van der Waals surface area contributed by atoms with Gasteiger partial charge in [-0.15, -0.1) is 9.42 Å². The maximum absolute atomic E-state index is 12.3. The van der Waals surface area contributed by atoms with Crippen molar-refractivity contribution in [2.24, 2.45) is 0 Å². The van der Waals surface area contributed by atoms with Gasteiger partial charge in [0.05, 0.1) is 6.04 Å². The Morgan fingerprint density at radius 3 is 2.21 bits per heavy atom. The fourth-order valence-corrected chi connectivity index (χ4v) is 2.38. The Labute approximate surface area is 140 Å². The van der Waals surface area contributed by atoms with Gasteiger partial charge in [-0.05, 0) is 24.1 Å². The quantitative estimate of drug-likeness (QED) is 0.715. The van der Waals surface area contributed by atoms with Gasteiger partial charge in [-0.2, -0.15) is 0 Å². The number of Topliss-reactive ketones (excluding diaryl/α,β-unsaturated/α-hetero) is 1. The Hall–Kier alpha value is -2.40. The van der Waals surface area contributed by atoms with E-state index in [2.05, 4.69) is 9.84 Å². The average molecular weight is 346 g/mol. The number of hydrogen-bond acceptors (Lipinski definition) is 4. The van der Waals surface area contributed by atoms with E-state index in [-0.39, 0.29) is 6.42 Å². The number of nitrogens with one attached hydrogen (secondary N) is 1. The van der Waals surface area contributed by atoms with Crippen LogP contribution in [0.25, 0.3) is 0 Å². The molecule has 0 aliphatic heterocycles. The van der Waals surface area contributed by atoms with Crippen LogP contribution >= 0.6 is 8.25 Å². The smallest absolute Gasteiger partial charge is 0.342 e. The number of amides is 1. The highest BCUT2D eigenvalue weighted by Crippen LogP contribution is 2.15. The van der Waals surface area contributed by atoms with Crippen LogP contribution in [0.5, 0.6) is 0 Å². The van der Waals surface area contributed by atoms with Crippen molar-refractivity contribution in [2.75, 3.05) is 6.61 Å². The summed E-state index contributed by atoms with van der Waals surface area (Å²) in [5, 5.41) is 2.66. The second-order valence-electron chi connectivity index (χ2n) is 5.06. The monoisotopic (exact) mass is 346 g/mol. The number of carbonyl (C=O) groups excluding carboxylic acids is 2. The summed E-state index contributed by atoms with van der Waals surface area (Å²) in [4.78, 5) is 33.2. The van der Waals surface area contributed by atoms with Gasteiger partial charge in [-0.25, -0.2) is 0 Å². The minimum absolute atomic E-state index is 0.268. The van der Waals surface area contributed by atoms with Gasteiger partial charge in [-0.3, -0.25) is 9.59 Å². The minimum Gasteiger partial charge on any atom is -0.342 e. The zero-order valence-electron chi connectivity index (χ0n) is 12.8. The number of benzene rings is 2. The molecule has 1 unspecified atom stereocenters. The molecule has 0 aromatic heterocycles. The number of rotatable bonds is 8. The number of ketones is 1. The van der Waals surface area contributed by atoms with Crippen LogP contribution in [0.1, 0.15) is 15.9 Å². The molecule has 2 N–H and O–H groups in total. The number of carbonyl (C=O) groups is 2. The lowest BCUT2D eigenvalue weighted by Gasteiger charge is -2.17. The van der Waals surface area contributed by atoms with Crippen molar-refractivity contribution in [3.63, 3.8) is 0 Å². The highest BCUT2D eigenvalue weighted by molar-refractivity contribution is 7.32. The van der Waals surface area contributed by atoms with Crippen LogP contribution in [0.2, 0.25) is 0 Å². The van der Waals surface area contributed by atoms with Crippen LogP contribution in [0, 0.1) is 0 Å². The zero-order valence-corrected chi connectivity index (χ0v) is 13.7. The van der Waals surface area contributed by atoms with Gasteiger partial charge in [0.1, 0.15) is 0 Å². The SMILES string of the molecule is O=C(N[C@@H](Cc1ccccc1)C(=O)CO[P+](=O)O)c1ccccc1. The summed E-state index contributed by atoms with van der Waals surface area (Å²) >= 11 is 0. The van der Waals surface area contributed by atoms with Gasteiger partial charge in [0.25, 0.3) is 5.91 Å². The van der Waals surface area contributed by atoms with E-state index in [1.165, 1.54) is 0 Å². The second-order valence-corrected chi connectivity index (χ2v) is 5.79. The Morgan fingerprint density at radius 1 is 1.04 bits per heavy atom. The third kappa shape index (κ3) is 5.66. The van der Waals surface area contributed by atoms with Crippen molar-refractivity contribution in [3.8, 4) is 0 Å². The molecule has 2 aromatic carbocycles. The first kappa shape index (κ1) is 17.9. The van der Waals surface area contributed by atoms with Crippen molar-refractivity contribution in [2.45, 2.75) is 12.5 Å². The van der Waals surface area contributed by atoms with E-state index >= 15 is 0 Å². The molecule has 0 heterocycles. The fourth-order valence-electron chi connectivity index (χ4n) is 2.15. The Morgan fingerprint density at radius 2 is 1.62 bits per heavy atom. The summed E-state index contributed by atoms with van der Waals surface area (Å²) in [7, 11) is -2.86. The molecule has 0 spiro atoms.